The largest absolute Gasteiger partial charge is 0.417 e. The Balaban J connectivity index is 1.79. The van der Waals surface area contributed by atoms with E-state index in [0.29, 0.717) is 24.2 Å². The summed E-state index contributed by atoms with van der Waals surface area (Å²) in [5.41, 5.74) is 1.84. The number of amides is 1. The van der Waals surface area contributed by atoms with E-state index in [9.17, 15) is 9.59 Å². The number of benzene rings is 1. The van der Waals surface area contributed by atoms with Crippen molar-refractivity contribution in [2.45, 2.75) is 20.8 Å². The second-order valence-corrected chi connectivity index (χ2v) is 6.70. The summed E-state index contributed by atoms with van der Waals surface area (Å²) in [5, 5.41) is 0. The van der Waals surface area contributed by atoms with E-state index in [2.05, 4.69) is 9.88 Å². The predicted octanol–water partition coefficient (Wildman–Crippen LogP) is 1.82. The maximum Gasteiger partial charge on any atom is 0.417 e. The van der Waals surface area contributed by atoms with Gasteiger partial charge in [0, 0.05) is 31.6 Å². The van der Waals surface area contributed by atoms with E-state index < -0.39 is 5.76 Å². The molecular formula is C16H21N3O3. The highest BCUT2D eigenvalue weighted by molar-refractivity contribution is 5.87. The molecule has 6 heteroatoms. The van der Waals surface area contributed by atoms with E-state index in [1.54, 1.807) is 0 Å². The lowest BCUT2D eigenvalue weighted by molar-refractivity contribution is -0.139. The number of oxazole rings is 1. The molecule has 0 bridgehead atoms. The van der Waals surface area contributed by atoms with E-state index in [0.717, 1.165) is 18.8 Å². The summed E-state index contributed by atoms with van der Waals surface area (Å²) in [6.45, 7) is 8.65. The average molecular weight is 303 g/mol. The molecule has 22 heavy (non-hydrogen) atoms. The molecule has 0 aliphatic carbocycles. The van der Waals surface area contributed by atoms with E-state index in [1.165, 1.54) is 0 Å². The summed E-state index contributed by atoms with van der Waals surface area (Å²) >= 11 is 0. The highest BCUT2D eigenvalue weighted by Gasteiger charge is 2.30. The second kappa shape index (κ2) is 5.19. The molecule has 1 aromatic heterocycles. The summed E-state index contributed by atoms with van der Waals surface area (Å²) in [5.74, 6) is -0.262. The van der Waals surface area contributed by atoms with Gasteiger partial charge in [-0.25, -0.2) is 4.79 Å². The Kier molecular flexibility index (Phi) is 3.47. The maximum atomic E-state index is 12.3. The van der Waals surface area contributed by atoms with E-state index in [-0.39, 0.29) is 11.3 Å². The molecule has 1 amide bonds. The lowest BCUT2D eigenvalue weighted by atomic mass is 9.94. The molecule has 1 fully saturated rings. The number of anilines is 1. The van der Waals surface area contributed by atoms with Crippen molar-refractivity contribution in [3.8, 4) is 0 Å². The first-order valence-electron chi connectivity index (χ1n) is 7.52. The minimum absolute atomic E-state index is 0.179. The van der Waals surface area contributed by atoms with E-state index in [4.69, 9.17) is 4.42 Å². The molecule has 0 saturated carbocycles. The molecule has 2 heterocycles. The first-order valence-corrected chi connectivity index (χ1v) is 7.52. The molecule has 1 aliphatic rings. The van der Waals surface area contributed by atoms with Gasteiger partial charge < -0.3 is 14.2 Å². The van der Waals surface area contributed by atoms with Crippen molar-refractivity contribution < 1.29 is 9.21 Å². The fraction of sp³-hybridized carbons (Fsp3) is 0.500. The number of aromatic amines is 1. The fourth-order valence-corrected chi connectivity index (χ4v) is 2.83. The number of nitrogens with one attached hydrogen (secondary N) is 1. The summed E-state index contributed by atoms with van der Waals surface area (Å²) in [4.78, 5) is 30.4. The van der Waals surface area contributed by atoms with E-state index in [1.807, 2.05) is 43.9 Å². The summed E-state index contributed by atoms with van der Waals surface area (Å²) < 4.78 is 5.25. The third-order valence-electron chi connectivity index (χ3n) is 3.97. The molecule has 0 atom stereocenters. The topological polar surface area (TPSA) is 69.6 Å². The van der Waals surface area contributed by atoms with E-state index >= 15 is 0 Å². The number of hydrogen-bond acceptors (Lipinski definition) is 4. The number of rotatable bonds is 1. The summed E-state index contributed by atoms with van der Waals surface area (Å²) in [6.07, 6.45) is 0. The quantitative estimate of drug-likeness (QED) is 0.872. The lowest BCUT2D eigenvalue weighted by Gasteiger charge is -2.38. The molecule has 1 N–H and O–H groups in total. The van der Waals surface area contributed by atoms with Gasteiger partial charge in [0.25, 0.3) is 0 Å². The van der Waals surface area contributed by atoms with Crippen molar-refractivity contribution in [3.63, 3.8) is 0 Å². The monoisotopic (exact) mass is 303 g/mol. The molecule has 118 valence electrons. The number of carbonyl (C=O) groups excluding carboxylic acids is 1. The van der Waals surface area contributed by atoms with Crippen LogP contribution in [0.1, 0.15) is 20.8 Å². The Morgan fingerprint density at radius 3 is 2.50 bits per heavy atom. The minimum atomic E-state index is -0.441. The van der Waals surface area contributed by atoms with Gasteiger partial charge in [0.05, 0.1) is 11.2 Å². The van der Waals surface area contributed by atoms with Gasteiger partial charge in [0.1, 0.15) is 0 Å². The number of piperazine rings is 1. The number of H-pyrrole nitrogens is 1. The number of para-hydroxylation sites is 1. The van der Waals surface area contributed by atoms with Crippen LogP contribution >= 0.6 is 0 Å². The van der Waals surface area contributed by atoms with Crippen LogP contribution in [0.3, 0.4) is 0 Å². The molecule has 0 unspecified atom stereocenters. The van der Waals surface area contributed by atoms with Crippen LogP contribution < -0.4 is 10.7 Å². The Hall–Kier alpha value is -2.24. The fourth-order valence-electron chi connectivity index (χ4n) is 2.83. The van der Waals surface area contributed by atoms with Crippen molar-refractivity contribution in [2.75, 3.05) is 31.1 Å². The Bertz CT molecular complexity index is 746. The number of hydrogen-bond donors (Lipinski definition) is 1. The van der Waals surface area contributed by atoms with Crippen molar-refractivity contribution in [1.82, 2.24) is 9.88 Å². The standard InChI is InChI=1S/C16H21N3O3/c1-16(2,3)14(20)19-9-7-18(8-10-19)12-6-4-5-11-13(12)22-15(21)17-11/h4-6H,7-10H2,1-3H3,(H,17,21). The van der Waals surface area contributed by atoms with Gasteiger partial charge in [-0.3, -0.25) is 9.78 Å². The molecular weight excluding hydrogens is 282 g/mol. The summed E-state index contributed by atoms with van der Waals surface area (Å²) in [7, 11) is 0. The molecule has 1 aliphatic heterocycles. The first-order chi connectivity index (χ1) is 10.4. The zero-order valence-electron chi connectivity index (χ0n) is 13.2. The molecule has 2 aromatic rings. The molecule has 1 saturated heterocycles. The molecule has 0 radical (unpaired) electrons. The average Bonchev–Trinajstić information content (AvgIpc) is 2.85. The van der Waals surface area contributed by atoms with Gasteiger partial charge >= 0.3 is 5.76 Å². The molecule has 0 spiro atoms. The Morgan fingerprint density at radius 1 is 1.18 bits per heavy atom. The highest BCUT2D eigenvalue weighted by Crippen LogP contribution is 2.26. The van der Waals surface area contributed by atoms with Crippen LogP contribution in [-0.2, 0) is 4.79 Å². The van der Waals surface area contributed by atoms with Crippen LogP contribution in [0, 0.1) is 5.41 Å². The van der Waals surface area contributed by atoms with Crippen LogP contribution in [0.15, 0.2) is 27.4 Å². The van der Waals surface area contributed by atoms with Gasteiger partial charge in [-0.2, -0.15) is 0 Å². The van der Waals surface area contributed by atoms with Crippen LogP contribution in [-0.4, -0.2) is 42.0 Å². The van der Waals surface area contributed by atoms with Crippen LogP contribution in [0.4, 0.5) is 5.69 Å². The Morgan fingerprint density at radius 2 is 1.86 bits per heavy atom. The third-order valence-corrected chi connectivity index (χ3v) is 3.97. The van der Waals surface area contributed by atoms with Crippen LogP contribution in [0.2, 0.25) is 0 Å². The van der Waals surface area contributed by atoms with Gasteiger partial charge in [-0.1, -0.05) is 26.8 Å². The predicted molar refractivity (Wildman–Crippen MR) is 85.1 cm³/mol. The van der Waals surface area contributed by atoms with Gasteiger partial charge in [0.2, 0.25) is 5.91 Å². The number of aromatic nitrogens is 1. The molecule has 3 rings (SSSR count). The molecule has 6 nitrogen and oxygen atoms in total. The summed E-state index contributed by atoms with van der Waals surface area (Å²) in [6, 6.07) is 5.67. The van der Waals surface area contributed by atoms with Crippen molar-refractivity contribution >= 4 is 22.7 Å². The normalized spacial score (nSPS) is 16.3. The third kappa shape index (κ3) is 2.61. The first kappa shape index (κ1) is 14.7. The number of carbonyl (C=O) groups is 1. The van der Waals surface area contributed by atoms with Gasteiger partial charge in [-0.15, -0.1) is 0 Å². The highest BCUT2D eigenvalue weighted by atomic mass is 16.4. The zero-order chi connectivity index (χ0) is 15.9. The van der Waals surface area contributed by atoms with Crippen molar-refractivity contribution in [3.05, 3.63) is 28.7 Å². The van der Waals surface area contributed by atoms with Gasteiger partial charge in [-0.05, 0) is 12.1 Å². The minimum Gasteiger partial charge on any atom is -0.406 e. The Labute approximate surface area is 128 Å². The van der Waals surface area contributed by atoms with Crippen molar-refractivity contribution in [2.24, 2.45) is 5.41 Å². The number of nitrogens with zero attached hydrogens (tertiary/aromatic N) is 2. The number of fused-ring (bicyclic) bond motifs is 1. The van der Waals surface area contributed by atoms with Crippen molar-refractivity contribution in [1.29, 1.82) is 0 Å². The SMILES string of the molecule is CC(C)(C)C(=O)N1CCN(c2cccc3[nH]c(=O)oc23)CC1. The van der Waals surface area contributed by atoms with Crippen LogP contribution in [0.25, 0.3) is 11.1 Å². The lowest BCUT2D eigenvalue weighted by Crippen LogP contribution is -2.51. The van der Waals surface area contributed by atoms with Crippen LogP contribution in [0.5, 0.6) is 0 Å². The smallest absolute Gasteiger partial charge is 0.406 e. The second-order valence-electron chi connectivity index (χ2n) is 6.70. The molecule has 1 aromatic carbocycles. The zero-order valence-corrected chi connectivity index (χ0v) is 13.2. The van der Waals surface area contributed by atoms with Gasteiger partial charge in [0.15, 0.2) is 5.58 Å². The maximum absolute atomic E-state index is 12.3.